The molecule has 0 aliphatic heterocycles. The highest BCUT2D eigenvalue weighted by molar-refractivity contribution is 5.53. The van der Waals surface area contributed by atoms with Crippen LogP contribution >= 0.6 is 0 Å². The van der Waals surface area contributed by atoms with E-state index in [1.165, 1.54) is 36.4 Å². The van der Waals surface area contributed by atoms with E-state index in [4.69, 9.17) is 0 Å². The summed E-state index contributed by atoms with van der Waals surface area (Å²) in [5, 5.41) is 6.60. The minimum Gasteiger partial charge on any atom is -0.310 e. The van der Waals surface area contributed by atoms with Crippen molar-refractivity contribution in [2.24, 2.45) is 0 Å². The molecular formula is C16H10N6O6. The molecule has 0 spiro atoms. The van der Waals surface area contributed by atoms with Crippen LogP contribution in [0.4, 0.5) is 0 Å². The number of aromatic amines is 2. The highest BCUT2D eigenvalue weighted by atomic mass is 16.5. The molecule has 0 unspecified atom stereocenters. The normalized spacial score (nSPS) is 10.0. The molecule has 3 rings (SSSR count). The van der Waals surface area contributed by atoms with Crippen LogP contribution in [0.25, 0.3) is 22.1 Å². The smallest absolute Gasteiger partial charge is 0.310 e. The maximum absolute atomic E-state index is 12.0. The van der Waals surface area contributed by atoms with E-state index in [0.29, 0.717) is 0 Å². The molecule has 0 atom stereocenters. The molecule has 3 aromatic heterocycles. The molecule has 140 valence electrons. The van der Waals surface area contributed by atoms with Crippen molar-refractivity contribution >= 4 is 22.1 Å². The van der Waals surface area contributed by atoms with Gasteiger partial charge in [0.1, 0.15) is 23.7 Å². The molecule has 0 fully saturated rings. The first-order chi connectivity index (χ1) is 13.5. The number of hydrogen-bond acceptors (Lipinski definition) is 10. The second-order valence-electron chi connectivity index (χ2n) is 4.99. The van der Waals surface area contributed by atoms with E-state index in [-0.39, 0.29) is 22.1 Å². The number of pyridine rings is 2. The van der Waals surface area contributed by atoms with Gasteiger partial charge >= 0.3 is 11.3 Å². The van der Waals surface area contributed by atoms with Crippen LogP contribution in [0.2, 0.25) is 0 Å². The molecule has 12 heteroatoms. The molecule has 2 N–H and O–H groups in total. The van der Waals surface area contributed by atoms with Gasteiger partial charge in [0.25, 0.3) is 11.1 Å². The molecule has 4 bridgehead atoms. The van der Waals surface area contributed by atoms with Crippen LogP contribution in [-0.2, 0) is 0 Å². The van der Waals surface area contributed by atoms with E-state index < -0.39 is 22.4 Å². The molecule has 0 saturated heterocycles. The Balaban J connectivity index is 2.40. The Morgan fingerprint density at radius 2 is 1.00 bits per heavy atom. The van der Waals surface area contributed by atoms with Gasteiger partial charge in [-0.05, 0) is 24.3 Å². The van der Waals surface area contributed by atoms with Gasteiger partial charge in [0.15, 0.2) is 11.0 Å². The Morgan fingerprint density at radius 3 is 1.46 bits per heavy atom. The molecule has 0 saturated carbocycles. The van der Waals surface area contributed by atoms with Gasteiger partial charge in [-0.3, -0.25) is 9.59 Å². The SMILES string of the molecule is O=c1[nH]cnoc(=O)c2cccc(n2)c(=O)onc[nH]c(=O)c2cccc1n2. The zero-order chi connectivity index (χ0) is 19.9. The van der Waals surface area contributed by atoms with Gasteiger partial charge in [-0.25, -0.2) is 19.6 Å². The Morgan fingerprint density at radius 1 is 0.607 bits per heavy atom. The average molecular weight is 382 g/mol. The van der Waals surface area contributed by atoms with Crippen LogP contribution < -0.4 is 22.4 Å². The van der Waals surface area contributed by atoms with Gasteiger partial charge in [-0.2, -0.15) is 0 Å². The number of aromatic nitrogens is 6. The van der Waals surface area contributed by atoms with E-state index >= 15 is 0 Å². The number of rotatable bonds is 0. The summed E-state index contributed by atoms with van der Waals surface area (Å²) in [6.45, 7) is 0. The largest absolute Gasteiger partial charge is 0.384 e. The van der Waals surface area contributed by atoms with Crippen molar-refractivity contribution < 1.29 is 9.05 Å². The third-order valence-corrected chi connectivity index (χ3v) is 3.15. The lowest BCUT2D eigenvalue weighted by atomic mass is 10.4. The van der Waals surface area contributed by atoms with Crippen molar-refractivity contribution in [2.75, 3.05) is 0 Å². The van der Waals surface area contributed by atoms with Crippen LogP contribution in [0.1, 0.15) is 0 Å². The fourth-order valence-electron chi connectivity index (χ4n) is 1.91. The topological polar surface area (TPSA) is 178 Å². The van der Waals surface area contributed by atoms with E-state index in [9.17, 15) is 19.2 Å². The second-order valence-corrected chi connectivity index (χ2v) is 4.99. The summed E-state index contributed by atoms with van der Waals surface area (Å²) in [7, 11) is 0. The van der Waals surface area contributed by atoms with Crippen molar-refractivity contribution in [1.29, 1.82) is 0 Å². The van der Waals surface area contributed by atoms with Crippen LogP contribution in [0.15, 0.2) is 77.3 Å². The van der Waals surface area contributed by atoms with Gasteiger partial charge in [0.05, 0.1) is 0 Å². The van der Waals surface area contributed by atoms with Gasteiger partial charge in [0.2, 0.25) is 0 Å². The van der Waals surface area contributed by atoms with Gasteiger partial charge < -0.3 is 19.0 Å². The standard InChI is InChI=1S/C16H10N6O6/c23-13-9-3-1-4-10(21-9)14(24)18-8-20-28-16(26)12-6-2-5-11(22-12)15(25)27-19-7-17-13/h1-8H,(H,17,19,23)(H,18,20,24). The van der Waals surface area contributed by atoms with Gasteiger partial charge in [-0.1, -0.05) is 22.4 Å². The van der Waals surface area contributed by atoms with Crippen molar-refractivity contribution in [2.45, 2.75) is 0 Å². The lowest BCUT2D eigenvalue weighted by molar-refractivity contribution is 0.373. The fraction of sp³-hybridized carbons (Fsp3) is 0. The van der Waals surface area contributed by atoms with E-state index in [1.54, 1.807) is 0 Å². The highest BCUT2D eigenvalue weighted by Gasteiger charge is 1.97. The maximum Gasteiger partial charge on any atom is 0.384 e. The summed E-state index contributed by atoms with van der Waals surface area (Å²) in [6, 6.07) is 8.08. The van der Waals surface area contributed by atoms with Gasteiger partial charge in [0, 0.05) is 0 Å². The summed E-state index contributed by atoms with van der Waals surface area (Å²) in [5.74, 6) is 0. The Bertz CT molecular complexity index is 1210. The minimum atomic E-state index is -0.975. The Hall–Kier alpha value is -4.48. The number of nitrogens with zero attached hydrogens (tertiary/aromatic N) is 4. The molecule has 0 aliphatic carbocycles. The minimum absolute atomic E-state index is 0.0933. The summed E-state index contributed by atoms with van der Waals surface area (Å²) in [5.41, 5.74) is -3.99. The highest BCUT2D eigenvalue weighted by Crippen LogP contribution is 1.93. The number of nitrogens with one attached hydrogen (secondary N) is 2. The zero-order valence-corrected chi connectivity index (χ0v) is 13.9. The van der Waals surface area contributed by atoms with E-state index in [1.807, 2.05) is 0 Å². The quantitative estimate of drug-likeness (QED) is 0.523. The van der Waals surface area contributed by atoms with Crippen LogP contribution in [0, 0.1) is 0 Å². The molecule has 3 aromatic rings. The van der Waals surface area contributed by atoms with E-state index in [0.717, 1.165) is 12.7 Å². The van der Waals surface area contributed by atoms with Crippen molar-refractivity contribution in [3.8, 4) is 0 Å². The second kappa shape index (κ2) is 8.27. The molecule has 12 nitrogen and oxygen atoms in total. The first-order valence-electron chi connectivity index (χ1n) is 7.57. The number of fused-ring (bicyclic) bond motifs is 4. The predicted octanol–water partition coefficient (Wildman–Crippen LogP) is -0.333. The molecule has 0 radical (unpaired) electrons. The zero-order valence-electron chi connectivity index (χ0n) is 13.9. The summed E-state index contributed by atoms with van der Waals surface area (Å²) >= 11 is 0. The summed E-state index contributed by atoms with van der Waals surface area (Å²) in [6.07, 6.45) is 1.64. The molecular weight excluding hydrogens is 372 g/mol. The number of H-pyrrole nitrogens is 2. The molecule has 28 heavy (non-hydrogen) atoms. The maximum atomic E-state index is 12.0. The van der Waals surface area contributed by atoms with Crippen LogP contribution in [0.5, 0.6) is 0 Å². The fourth-order valence-corrected chi connectivity index (χ4v) is 1.91. The van der Waals surface area contributed by atoms with Crippen LogP contribution in [-0.4, -0.2) is 30.2 Å². The van der Waals surface area contributed by atoms with Gasteiger partial charge in [-0.15, -0.1) is 0 Å². The third kappa shape index (κ3) is 4.37. The molecule has 0 aromatic carbocycles. The monoisotopic (exact) mass is 382 g/mol. The Labute approximate surface area is 152 Å². The van der Waals surface area contributed by atoms with Crippen molar-refractivity contribution in [3.63, 3.8) is 0 Å². The lowest BCUT2D eigenvalue weighted by Gasteiger charge is -1.86. The molecule has 0 amide bonds. The lowest BCUT2D eigenvalue weighted by Crippen LogP contribution is -2.08. The Kier molecular flexibility index (Phi) is 5.41. The molecule has 3 heterocycles. The van der Waals surface area contributed by atoms with Crippen molar-refractivity contribution in [3.05, 3.63) is 90.6 Å². The number of hydrogen-bond donors (Lipinski definition) is 2. The van der Waals surface area contributed by atoms with E-state index in [2.05, 4.69) is 39.3 Å². The first-order valence-corrected chi connectivity index (χ1v) is 7.57. The van der Waals surface area contributed by atoms with Crippen molar-refractivity contribution in [1.82, 2.24) is 30.2 Å². The third-order valence-electron chi connectivity index (χ3n) is 3.15. The summed E-state index contributed by atoms with van der Waals surface area (Å²) < 4.78 is 9.14. The van der Waals surface area contributed by atoms with Crippen LogP contribution in [0.3, 0.4) is 0 Å². The first kappa shape index (κ1) is 18.3. The predicted molar refractivity (Wildman–Crippen MR) is 95.0 cm³/mol. The average Bonchev–Trinajstić information content (AvgIpc) is 2.73. The summed E-state index contributed by atoms with van der Waals surface area (Å²) in [4.78, 5) is 59.9. The molecule has 0 aliphatic rings.